The number of aryl methyl sites for hydroxylation is 1. The molecule has 31 heavy (non-hydrogen) atoms. The van der Waals surface area contributed by atoms with Crippen molar-refractivity contribution in [1.82, 2.24) is 19.9 Å². The minimum Gasteiger partial charge on any atom is -0.343 e. The number of nitrogens with one attached hydrogen (secondary N) is 1. The average molecular weight is 437 g/mol. The van der Waals surface area contributed by atoms with Crippen molar-refractivity contribution >= 4 is 28.3 Å². The lowest BCUT2D eigenvalue weighted by atomic mass is 10.1. The Morgan fingerprint density at radius 1 is 1.13 bits per heavy atom. The Bertz CT molecular complexity index is 1350. The summed E-state index contributed by atoms with van der Waals surface area (Å²) in [6.07, 6.45) is 2.95. The molecule has 0 aliphatic heterocycles. The van der Waals surface area contributed by atoms with Gasteiger partial charge in [-0.2, -0.15) is 0 Å². The van der Waals surface area contributed by atoms with Gasteiger partial charge in [0.25, 0.3) is 11.5 Å². The summed E-state index contributed by atoms with van der Waals surface area (Å²) in [5, 5.41) is 4.18. The second-order valence-corrected chi connectivity index (χ2v) is 7.48. The van der Waals surface area contributed by atoms with E-state index in [1.54, 1.807) is 38.1 Å². The maximum Gasteiger partial charge on any atom is 0.272 e. The summed E-state index contributed by atoms with van der Waals surface area (Å²) in [6, 6.07) is 11.9. The third-order valence-corrected chi connectivity index (χ3v) is 5.31. The first-order valence-electron chi connectivity index (χ1n) is 9.55. The lowest BCUT2D eigenvalue weighted by Crippen LogP contribution is -2.33. The van der Waals surface area contributed by atoms with Crippen molar-refractivity contribution in [3.05, 3.63) is 99.2 Å². The molecule has 0 aliphatic carbocycles. The van der Waals surface area contributed by atoms with Gasteiger partial charge < -0.3 is 5.32 Å². The van der Waals surface area contributed by atoms with Gasteiger partial charge in [-0.25, -0.2) is 9.37 Å². The molecule has 0 bridgehead atoms. The maximum atomic E-state index is 13.5. The van der Waals surface area contributed by atoms with E-state index in [4.69, 9.17) is 11.6 Å². The average Bonchev–Trinajstić information content (AvgIpc) is 2.74. The standard InChI is InChI=1S/C23H18ClFN4O2/c1-13(28-22(30)21-14(2)26-10-11-27-21)19-12-15-4-3-5-18(24)20(15)23(31)29(19)17-8-6-16(25)7-9-17/h3-13H,1-2H3,(H,28,30)/t13-/m0/s1. The zero-order chi connectivity index (χ0) is 22.1. The molecule has 6 nitrogen and oxygen atoms in total. The molecule has 0 unspecified atom stereocenters. The summed E-state index contributed by atoms with van der Waals surface area (Å²) in [7, 11) is 0. The molecule has 1 atom stereocenters. The third kappa shape index (κ3) is 3.92. The third-order valence-electron chi connectivity index (χ3n) is 5.00. The van der Waals surface area contributed by atoms with Crippen molar-refractivity contribution in [3.8, 4) is 5.69 Å². The molecule has 0 saturated heterocycles. The van der Waals surface area contributed by atoms with Crippen molar-refractivity contribution in [2.75, 3.05) is 0 Å². The van der Waals surface area contributed by atoms with Crippen LogP contribution >= 0.6 is 11.6 Å². The van der Waals surface area contributed by atoms with Crippen LogP contribution in [0.4, 0.5) is 4.39 Å². The van der Waals surface area contributed by atoms with E-state index in [1.165, 1.54) is 41.2 Å². The molecule has 0 saturated carbocycles. The first kappa shape index (κ1) is 20.7. The van der Waals surface area contributed by atoms with Crippen molar-refractivity contribution in [2.24, 2.45) is 0 Å². The van der Waals surface area contributed by atoms with Gasteiger partial charge in [0, 0.05) is 23.8 Å². The normalized spacial score (nSPS) is 12.0. The number of carbonyl (C=O) groups is 1. The van der Waals surface area contributed by atoms with E-state index in [-0.39, 0.29) is 11.3 Å². The number of rotatable bonds is 4. The van der Waals surface area contributed by atoms with E-state index >= 15 is 0 Å². The van der Waals surface area contributed by atoms with Gasteiger partial charge in [-0.3, -0.25) is 19.1 Å². The molecule has 1 amide bonds. The van der Waals surface area contributed by atoms with Crippen molar-refractivity contribution in [2.45, 2.75) is 19.9 Å². The number of aromatic nitrogens is 3. The first-order valence-corrected chi connectivity index (χ1v) is 9.93. The topological polar surface area (TPSA) is 76.9 Å². The van der Waals surface area contributed by atoms with Crippen LogP contribution in [0.25, 0.3) is 16.5 Å². The van der Waals surface area contributed by atoms with Crippen LogP contribution in [-0.2, 0) is 0 Å². The van der Waals surface area contributed by atoms with Crippen LogP contribution in [0.15, 0.2) is 65.7 Å². The predicted octanol–water partition coefficient (Wildman–Crippen LogP) is 4.37. The number of carbonyl (C=O) groups excluding carboxylic acids is 1. The molecule has 0 spiro atoms. The lowest BCUT2D eigenvalue weighted by Gasteiger charge is -2.21. The van der Waals surface area contributed by atoms with Crippen LogP contribution in [0.1, 0.15) is 34.8 Å². The smallest absolute Gasteiger partial charge is 0.272 e. The number of pyridine rings is 1. The fraction of sp³-hybridized carbons (Fsp3) is 0.130. The molecule has 8 heteroatoms. The first-order chi connectivity index (χ1) is 14.9. The molecule has 2 aromatic carbocycles. The van der Waals surface area contributed by atoms with Crippen LogP contribution in [0.3, 0.4) is 0 Å². The maximum absolute atomic E-state index is 13.5. The van der Waals surface area contributed by atoms with E-state index in [9.17, 15) is 14.0 Å². The fourth-order valence-electron chi connectivity index (χ4n) is 3.48. The van der Waals surface area contributed by atoms with Gasteiger partial charge in [0.15, 0.2) is 0 Å². The van der Waals surface area contributed by atoms with E-state index < -0.39 is 17.8 Å². The highest BCUT2D eigenvalue weighted by atomic mass is 35.5. The summed E-state index contributed by atoms with van der Waals surface area (Å²) < 4.78 is 14.9. The van der Waals surface area contributed by atoms with Crippen LogP contribution in [0.2, 0.25) is 5.02 Å². The molecule has 2 heterocycles. The van der Waals surface area contributed by atoms with E-state index in [0.717, 1.165) is 0 Å². The highest BCUT2D eigenvalue weighted by Gasteiger charge is 2.21. The van der Waals surface area contributed by atoms with Crippen molar-refractivity contribution in [1.29, 1.82) is 0 Å². The largest absolute Gasteiger partial charge is 0.343 e. The minimum absolute atomic E-state index is 0.203. The monoisotopic (exact) mass is 436 g/mol. The highest BCUT2D eigenvalue weighted by Crippen LogP contribution is 2.25. The zero-order valence-corrected chi connectivity index (χ0v) is 17.5. The Morgan fingerprint density at radius 2 is 1.84 bits per heavy atom. The van der Waals surface area contributed by atoms with Gasteiger partial charge >= 0.3 is 0 Å². The Morgan fingerprint density at radius 3 is 2.55 bits per heavy atom. The summed E-state index contributed by atoms with van der Waals surface area (Å²) in [5.74, 6) is -0.834. The lowest BCUT2D eigenvalue weighted by molar-refractivity contribution is 0.0932. The van der Waals surface area contributed by atoms with Crippen molar-refractivity contribution < 1.29 is 9.18 Å². The predicted molar refractivity (Wildman–Crippen MR) is 117 cm³/mol. The van der Waals surface area contributed by atoms with Crippen LogP contribution < -0.4 is 10.9 Å². The molecule has 4 rings (SSSR count). The van der Waals surface area contributed by atoms with E-state index in [1.807, 2.05) is 0 Å². The highest BCUT2D eigenvalue weighted by molar-refractivity contribution is 6.35. The number of hydrogen-bond acceptors (Lipinski definition) is 4. The molecule has 0 fully saturated rings. The van der Waals surface area contributed by atoms with Gasteiger partial charge in [-0.1, -0.05) is 23.7 Å². The van der Waals surface area contributed by atoms with Crippen molar-refractivity contribution in [3.63, 3.8) is 0 Å². The molecule has 0 aliphatic rings. The fourth-order valence-corrected chi connectivity index (χ4v) is 3.75. The van der Waals surface area contributed by atoms with Crippen LogP contribution in [-0.4, -0.2) is 20.4 Å². The number of hydrogen-bond donors (Lipinski definition) is 1. The number of halogens is 2. The second kappa shape index (κ2) is 8.28. The van der Waals surface area contributed by atoms with Gasteiger partial charge in [0.2, 0.25) is 0 Å². The molecular formula is C23H18ClFN4O2. The Hall–Kier alpha value is -3.58. The van der Waals surface area contributed by atoms with Crippen LogP contribution in [0.5, 0.6) is 0 Å². The number of amides is 1. The molecular weight excluding hydrogens is 419 g/mol. The summed E-state index contributed by atoms with van der Waals surface area (Å²) >= 11 is 6.30. The Kier molecular flexibility index (Phi) is 5.52. The van der Waals surface area contributed by atoms with E-state index in [0.29, 0.717) is 32.9 Å². The molecule has 156 valence electrons. The van der Waals surface area contributed by atoms with Gasteiger partial charge in [-0.05, 0) is 55.6 Å². The number of fused-ring (bicyclic) bond motifs is 1. The second-order valence-electron chi connectivity index (χ2n) is 7.08. The quantitative estimate of drug-likeness (QED) is 0.515. The Balaban J connectivity index is 1.87. The van der Waals surface area contributed by atoms with E-state index in [2.05, 4.69) is 15.3 Å². The molecule has 2 aromatic heterocycles. The summed E-state index contributed by atoms with van der Waals surface area (Å²) in [4.78, 5) is 34.4. The minimum atomic E-state index is -0.574. The number of benzene rings is 2. The zero-order valence-electron chi connectivity index (χ0n) is 16.8. The molecule has 1 N–H and O–H groups in total. The number of nitrogens with zero attached hydrogens (tertiary/aromatic N) is 3. The van der Waals surface area contributed by atoms with Crippen LogP contribution in [0, 0.1) is 12.7 Å². The van der Waals surface area contributed by atoms with Gasteiger partial charge in [0.1, 0.15) is 11.5 Å². The summed E-state index contributed by atoms with van der Waals surface area (Å²) in [5.41, 5.74) is 1.31. The SMILES string of the molecule is Cc1nccnc1C(=O)N[C@@H](C)c1cc2cccc(Cl)c2c(=O)n1-c1ccc(F)cc1. The Labute approximate surface area is 182 Å². The van der Waals surface area contributed by atoms with Gasteiger partial charge in [0.05, 0.1) is 22.1 Å². The van der Waals surface area contributed by atoms with Gasteiger partial charge in [-0.15, -0.1) is 0 Å². The summed E-state index contributed by atoms with van der Waals surface area (Å²) in [6.45, 7) is 3.45. The molecule has 0 radical (unpaired) electrons. The molecule has 4 aromatic rings.